The second-order valence-electron chi connectivity index (χ2n) is 7.02. The number of aromatic nitrogens is 1. The minimum atomic E-state index is -3.76. The molecule has 1 saturated heterocycles. The first kappa shape index (κ1) is 18.6. The number of aryl methyl sites for hydroxylation is 1. The summed E-state index contributed by atoms with van der Waals surface area (Å²) >= 11 is 0. The molecule has 1 aromatic heterocycles. The van der Waals surface area contributed by atoms with Crippen molar-refractivity contribution in [2.24, 2.45) is 0 Å². The highest BCUT2D eigenvalue weighted by atomic mass is 32.2. The molecule has 4 rings (SSSR count). The van der Waals surface area contributed by atoms with Gasteiger partial charge in [-0.05, 0) is 44.0 Å². The number of sulfonamides is 1. The van der Waals surface area contributed by atoms with E-state index in [9.17, 15) is 13.2 Å². The SMILES string of the molecule is Cc1ccc(N2CCCC(NS(=O)(=O)Cc3noc4ccccc34)C2=O)cc1. The molecule has 2 heterocycles. The Bertz CT molecular complexity index is 1110. The van der Waals surface area contributed by atoms with Gasteiger partial charge < -0.3 is 9.42 Å². The van der Waals surface area contributed by atoms with Gasteiger partial charge >= 0.3 is 0 Å². The Hall–Kier alpha value is -2.71. The number of amides is 1. The third-order valence-electron chi connectivity index (χ3n) is 4.88. The van der Waals surface area contributed by atoms with E-state index >= 15 is 0 Å². The van der Waals surface area contributed by atoms with Gasteiger partial charge in [0.2, 0.25) is 15.9 Å². The van der Waals surface area contributed by atoms with Crippen LogP contribution < -0.4 is 9.62 Å². The predicted octanol–water partition coefficient (Wildman–Crippen LogP) is 2.75. The molecule has 1 unspecified atom stereocenters. The smallest absolute Gasteiger partial charge is 0.245 e. The lowest BCUT2D eigenvalue weighted by Crippen LogP contribution is -2.52. The fourth-order valence-corrected chi connectivity index (χ4v) is 4.75. The Kier molecular flexibility index (Phi) is 4.91. The van der Waals surface area contributed by atoms with Crippen LogP contribution in [0.2, 0.25) is 0 Å². The van der Waals surface area contributed by atoms with Gasteiger partial charge in [0.25, 0.3) is 0 Å². The number of rotatable bonds is 5. The van der Waals surface area contributed by atoms with E-state index in [1.807, 2.05) is 31.2 Å². The normalized spacial score (nSPS) is 18.0. The summed E-state index contributed by atoms with van der Waals surface area (Å²) in [6.45, 7) is 2.56. The third-order valence-corrected chi connectivity index (χ3v) is 6.18. The van der Waals surface area contributed by atoms with Crippen LogP contribution in [0.3, 0.4) is 0 Å². The van der Waals surface area contributed by atoms with Gasteiger partial charge in [-0.25, -0.2) is 13.1 Å². The summed E-state index contributed by atoms with van der Waals surface area (Å²) in [5.41, 5.74) is 2.75. The number of anilines is 1. The number of nitrogens with one attached hydrogen (secondary N) is 1. The van der Waals surface area contributed by atoms with Crippen molar-refractivity contribution in [3.05, 3.63) is 59.8 Å². The fourth-order valence-electron chi connectivity index (χ4n) is 3.45. The number of nitrogens with zero attached hydrogens (tertiary/aromatic N) is 2. The van der Waals surface area contributed by atoms with Crippen LogP contribution in [0.5, 0.6) is 0 Å². The van der Waals surface area contributed by atoms with Crippen molar-refractivity contribution >= 4 is 32.6 Å². The number of carbonyl (C=O) groups is 1. The zero-order valence-corrected chi connectivity index (χ0v) is 16.3. The van der Waals surface area contributed by atoms with E-state index in [-0.39, 0.29) is 11.7 Å². The summed E-state index contributed by atoms with van der Waals surface area (Å²) in [5.74, 6) is -0.568. The van der Waals surface area contributed by atoms with E-state index in [1.54, 1.807) is 29.2 Å². The number of carbonyl (C=O) groups excluding carboxylic acids is 1. The highest BCUT2D eigenvalue weighted by Gasteiger charge is 2.33. The highest BCUT2D eigenvalue weighted by molar-refractivity contribution is 7.88. The Morgan fingerprint density at radius 1 is 1.18 bits per heavy atom. The average molecular weight is 399 g/mol. The zero-order valence-electron chi connectivity index (χ0n) is 15.5. The lowest BCUT2D eigenvalue weighted by atomic mass is 10.0. The van der Waals surface area contributed by atoms with Crippen molar-refractivity contribution in [2.45, 2.75) is 31.6 Å². The summed E-state index contributed by atoms with van der Waals surface area (Å²) in [6, 6.07) is 13.9. The van der Waals surface area contributed by atoms with Crippen molar-refractivity contribution < 1.29 is 17.7 Å². The van der Waals surface area contributed by atoms with Crippen molar-refractivity contribution in [1.82, 2.24) is 9.88 Å². The number of hydrogen-bond acceptors (Lipinski definition) is 5. The Morgan fingerprint density at radius 3 is 2.71 bits per heavy atom. The molecule has 146 valence electrons. The summed E-state index contributed by atoms with van der Waals surface area (Å²) in [6.07, 6.45) is 1.19. The fraction of sp³-hybridized carbons (Fsp3) is 0.300. The van der Waals surface area contributed by atoms with E-state index in [4.69, 9.17) is 4.52 Å². The van der Waals surface area contributed by atoms with E-state index in [0.29, 0.717) is 29.6 Å². The first-order valence-electron chi connectivity index (χ1n) is 9.14. The average Bonchev–Trinajstić information content (AvgIpc) is 3.07. The molecule has 0 saturated carbocycles. The maximum absolute atomic E-state index is 12.9. The number of para-hydroxylation sites is 1. The number of hydrogen-bond donors (Lipinski definition) is 1. The first-order chi connectivity index (χ1) is 13.4. The first-order valence-corrected chi connectivity index (χ1v) is 10.8. The largest absolute Gasteiger partial charge is 0.356 e. The summed E-state index contributed by atoms with van der Waals surface area (Å²) in [5, 5.41) is 4.53. The van der Waals surface area contributed by atoms with E-state index in [0.717, 1.165) is 17.7 Å². The van der Waals surface area contributed by atoms with Gasteiger partial charge in [0, 0.05) is 17.6 Å². The van der Waals surface area contributed by atoms with Crippen molar-refractivity contribution in [1.29, 1.82) is 0 Å². The van der Waals surface area contributed by atoms with Crippen LogP contribution in [0.1, 0.15) is 24.1 Å². The Labute approximate surface area is 163 Å². The van der Waals surface area contributed by atoms with Crippen LogP contribution in [0, 0.1) is 6.92 Å². The molecule has 1 amide bonds. The molecule has 2 aromatic carbocycles. The minimum Gasteiger partial charge on any atom is -0.356 e. The molecular formula is C20H21N3O4S. The molecule has 1 N–H and O–H groups in total. The maximum Gasteiger partial charge on any atom is 0.245 e. The molecule has 1 aliphatic heterocycles. The lowest BCUT2D eigenvalue weighted by molar-refractivity contribution is -0.121. The standard InChI is InChI=1S/C20H21N3O4S/c1-14-8-10-15(11-9-14)23-12-4-6-17(20(23)24)22-28(25,26)13-18-16-5-2-3-7-19(16)27-21-18/h2-3,5,7-11,17,22H,4,6,12-13H2,1H3. The van der Waals surface area contributed by atoms with Gasteiger partial charge in [-0.1, -0.05) is 35.0 Å². The summed E-state index contributed by atoms with van der Waals surface area (Å²) in [7, 11) is -3.76. The molecule has 8 heteroatoms. The van der Waals surface area contributed by atoms with Gasteiger partial charge in [0.15, 0.2) is 5.58 Å². The van der Waals surface area contributed by atoms with Crippen molar-refractivity contribution in [3.8, 4) is 0 Å². The molecule has 0 spiro atoms. The van der Waals surface area contributed by atoms with Gasteiger partial charge in [-0.15, -0.1) is 0 Å². The van der Waals surface area contributed by atoms with Gasteiger partial charge in [-0.3, -0.25) is 4.79 Å². The molecule has 3 aromatic rings. The van der Waals surface area contributed by atoms with Crippen LogP contribution in [0.25, 0.3) is 11.0 Å². The van der Waals surface area contributed by atoms with Gasteiger partial charge in [0.05, 0.1) is 0 Å². The highest BCUT2D eigenvalue weighted by Crippen LogP contribution is 2.23. The van der Waals surface area contributed by atoms with Crippen LogP contribution in [-0.4, -0.2) is 32.1 Å². The molecule has 7 nitrogen and oxygen atoms in total. The quantitative estimate of drug-likeness (QED) is 0.712. The maximum atomic E-state index is 12.9. The molecule has 1 fully saturated rings. The van der Waals surface area contributed by atoms with Crippen molar-refractivity contribution in [3.63, 3.8) is 0 Å². The van der Waals surface area contributed by atoms with E-state index in [2.05, 4.69) is 9.88 Å². The number of fused-ring (bicyclic) bond motifs is 1. The topological polar surface area (TPSA) is 92.5 Å². The summed E-state index contributed by atoms with van der Waals surface area (Å²) < 4.78 is 33.1. The molecule has 0 aliphatic carbocycles. The Morgan fingerprint density at radius 2 is 1.93 bits per heavy atom. The van der Waals surface area contributed by atoms with E-state index < -0.39 is 16.1 Å². The minimum absolute atomic E-state index is 0.233. The van der Waals surface area contributed by atoms with Crippen LogP contribution in [0.4, 0.5) is 5.69 Å². The van der Waals surface area contributed by atoms with Crippen LogP contribution in [0.15, 0.2) is 53.1 Å². The summed E-state index contributed by atoms with van der Waals surface area (Å²) in [4.78, 5) is 14.5. The second kappa shape index (κ2) is 7.37. The zero-order chi connectivity index (χ0) is 19.7. The second-order valence-corrected chi connectivity index (χ2v) is 8.78. The third kappa shape index (κ3) is 3.79. The lowest BCUT2D eigenvalue weighted by Gasteiger charge is -2.32. The monoisotopic (exact) mass is 399 g/mol. The number of benzene rings is 2. The molecule has 28 heavy (non-hydrogen) atoms. The molecule has 1 atom stereocenters. The van der Waals surface area contributed by atoms with E-state index in [1.165, 1.54) is 0 Å². The van der Waals surface area contributed by atoms with Crippen molar-refractivity contribution in [2.75, 3.05) is 11.4 Å². The van der Waals surface area contributed by atoms with Crippen LogP contribution >= 0.6 is 0 Å². The van der Waals surface area contributed by atoms with Gasteiger partial charge in [0.1, 0.15) is 17.5 Å². The molecule has 0 radical (unpaired) electrons. The Balaban J connectivity index is 1.50. The van der Waals surface area contributed by atoms with Crippen LogP contribution in [-0.2, 0) is 20.6 Å². The van der Waals surface area contributed by atoms with Gasteiger partial charge in [-0.2, -0.15) is 0 Å². The predicted molar refractivity (Wildman–Crippen MR) is 106 cm³/mol. The molecule has 1 aliphatic rings. The number of piperidine rings is 1. The molecular weight excluding hydrogens is 378 g/mol. The molecule has 0 bridgehead atoms.